The van der Waals surface area contributed by atoms with Crippen molar-refractivity contribution in [2.75, 3.05) is 4.72 Å². The smallest absolute Gasteiger partial charge is 0.261 e. The summed E-state index contributed by atoms with van der Waals surface area (Å²) in [6.07, 6.45) is 1.78. The van der Waals surface area contributed by atoms with E-state index >= 15 is 0 Å². The molecule has 2 aromatic carbocycles. The molecule has 0 aliphatic heterocycles. The van der Waals surface area contributed by atoms with Crippen LogP contribution in [-0.2, 0) is 15.8 Å². The van der Waals surface area contributed by atoms with Crippen LogP contribution < -0.4 is 4.72 Å². The van der Waals surface area contributed by atoms with Gasteiger partial charge in [-0.25, -0.2) is 13.4 Å². The Balaban J connectivity index is 1.52. The Morgan fingerprint density at radius 2 is 1.89 bits per heavy atom. The molecule has 0 aliphatic carbocycles. The summed E-state index contributed by atoms with van der Waals surface area (Å²) in [5, 5.41) is 0. The lowest BCUT2D eigenvalue weighted by molar-refractivity contribution is 0.601. The monoisotopic (exact) mass is 427 g/mol. The van der Waals surface area contributed by atoms with Crippen molar-refractivity contribution in [3.63, 3.8) is 0 Å². The van der Waals surface area contributed by atoms with Crippen LogP contribution >= 0.6 is 23.1 Å². The van der Waals surface area contributed by atoms with Gasteiger partial charge in [0.15, 0.2) is 4.34 Å². The minimum Gasteiger partial charge on any atom is -0.280 e. The zero-order valence-corrected chi connectivity index (χ0v) is 17.4. The van der Waals surface area contributed by atoms with E-state index in [9.17, 15) is 8.42 Å². The number of pyridine rings is 1. The largest absolute Gasteiger partial charge is 0.280 e. The van der Waals surface area contributed by atoms with Crippen LogP contribution in [-0.4, -0.2) is 18.4 Å². The van der Waals surface area contributed by atoms with Gasteiger partial charge < -0.3 is 0 Å². The van der Waals surface area contributed by atoms with E-state index in [4.69, 9.17) is 0 Å². The third-order valence-corrected chi connectivity index (χ3v) is 7.61. The standard InChI is InChI=1S/C20H17N3O2S3/c1-14-5-8-17(9-6-14)28(24,25)23-15-7-10-18-19(12-15)27-20(22-18)26-13-16-4-2-3-11-21-16/h2-12,23H,13H2,1H3. The van der Waals surface area contributed by atoms with E-state index in [0.717, 1.165) is 31.6 Å². The van der Waals surface area contributed by atoms with Gasteiger partial charge in [0.1, 0.15) is 0 Å². The molecule has 0 radical (unpaired) electrons. The molecular weight excluding hydrogens is 410 g/mol. The molecule has 1 N–H and O–H groups in total. The number of aromatic nitrogens is 2. The first-order valence-electron chi connectivity index (χ1n) is 8.52. The molecule has 2 heterocycles. The van der Waals surface area contributed by atoms with E-state index in [-0.39, 0.29) is 4.90 Å². The average Bonchev–Trinajstić information content (AvgIpc) is 3.09. The molecule has 5 nitrogen and oxygen atoms in total. The molecule has 8 heteroatoms. The molecule has 4 aromatic rings. The molecule has 0 aliphatic rings. The van der Waals surface area contributed by atoms with Gasteiger partial charge in [-0.1, -0.05) is 35.5 Å². The molecular formula is C20H17N3O2S3. The van der Waals surface area contributed by atoms with E-state index in [2.05, 4.69) is 14.7 Å². The number of thiazole rings is 1. The number of nitrogens with zero attached hydrogens (tertiary/aromatic N) is 2. The summed E-state index contributed by atoms with van der Waals surface area (Å²) in [7, 11) is -3.62. The molecule has 4 rings (SSSR count). The lowest BCUT2D eigenvalue weighted by atomic mass is 10.2. The molecule has 2 aromatic heterocycles. The van der Waals surface area contributed by atoms with Crippen LogP contribution in [0.3, 0.4) is 0 Å². The number of aryl methyl sites for hydroxylation is 1. The Morgan fingerprint density at radius 3 is 2.64 bits per heavy atom. The summed E-state index contributed by atoms with van der Waals surface area (Å²) in [4.78, 5) is 9.17. The SMILES string of the molecule is Cc1ccc(S(=O)(=O)Nc2ccc3nc(SCc4ccccn4)sc3c2)cc1. The second-order valence-corrected chi connectivity index (χ2v) is 10.1. The fraction of sp³-hybridized carbons (Fsp3) is 0.100. The first-order valence-corrected chi connectivity index (χ1v) is 11.8. The number of hydrogen-bond acceptors (Lipinski definition) is 6. The molecule has 0 atom stereocenters. The number of nitrogens with one attached hydrogen (secondary N) is 1. The van der Waals surface area contributed by atoms with Crippen LogP contribution in [0.2, 0.25) is 0 Å². The van der Waals surface area contributed by atoms with Crippen LogP contribution in [0.4, 0.5) is 5.69 Å². The maximum absolute atomic E-state index is 12.6. The van der Waals surface area contributed by atoms with E-state index in [1.54, 1.807) is 59.6 Å². The van der Waals surface area contributed by atoms with Gasteiger partial charge in [-0.15, -0.1) is 11.3 Å². The van der Waals surface area contributed by atoms with Gasteiger partial charge in [0.25, 0.3) is 10.0 Å². The Morgan fingerprint density at radius 1 is 1.07 bits per heavy atom. The Kier molecular flexibility index (Phi) is 5.34. The first kappa shape index (κ1) is 18.9. The minimum absolute atomic E-state index is 0.245. The average molecular weight is 428 g/mol. The fourth-order valence-electron chi connectivity index (χ4n) is 2.58. The Hall–Kier alpha value is -2.42. The van der Waals surface area contributed by atoms with Gasteiger partial charge >= 0.3 is 0 Å². The van der Waals surface area contributed by atoms with Gasteiger partial charge in [-0.3, -0.25) is 9.71 Å². The number of fused-ring (bicyclic) bond motifs is 1. The quantitative estimate of drug-likeness (QED) is 0.434. The second-order valence-electron chi connectivity index (χ2n) is 6.19. The summed E-state index contributed by atoms with van der Waals surface area (Å²) in [5.41, 5.74) is 3.39. The number of rotatable bonds is 6. The van der Waals surface area contributed by atoms with Crippen LogP contribution in [0.1, 0.15) is 11.3 Å². The van der Waals surface area contributed by atoms with E-state index < -0.39 is 10.0 Å². The zero-order chi connectivity index (χ0) is 19.6. The number of benzene rings is 2. The highest BCUT2D eigenvalue weighted by Gasteiger charge is 2.15. The number of thioether (sulfide) groups is 1. The summed E-state index contributed by atoms with van der Waals surface area (Å²) >= 11 is 3.17. The highest BCUT2D eigenvalue weighted by Crippen LogP contribution is 2.33. The van der Waals surface area contributed by atoms with E-state index in [1.165, 1.54) is 0 Å². The first-order chi connectivity index (χ1) is 13.5. The zero-order valence-electron chi connectivity index (χ0n) is 15.0. The van der Waals surface area contributed by atoms with E-state index in [1.807, 2.05) is 37.3 Å². The van der Waals surface area contributed by atoms with Gasteiger partial charge in [-0.05, 0) is 49.4 Å². The summed E-state index contributed by atoms with van der Waals surface area (Å²) in [6.45, 7) is 1.92. The maximum atomic E-state index is 12.6. The van der Waals surface area contributed by atoms with Gasteiger partial charge in [-0.2, -0.15) is 0 Å². The van der Waals surface area contributed by atoms with Crippen molar-refractivity contribution < 1.29 is 8.42 Å². The normalized spacial score (nSPS) is 11.6. The molecule has 0 fully saturated rings. The predicted molar refractivity (Wildman–Crippen MR) is 115 cm³/mol. The van der Waals surface area contributed by atoms with Gasteiger partial charge in [0.2, 0.25) is 0 Å². The van der Waals surface area contributed by atoms with Crippen LogP contribution in [0, 0.1) is 6.92 Å². The van der Waals surface area contributed by atoms with Crippen molar-refractivity contribution in [1.82, 2.24) is 9.97 Å². The predicted octanol–water partition coefficient (Wildman–Crippen LogP) is 5.09. The third kappa shape index (κ3) is 4.35. The van der Waals surface area contributed by atoms with Crippen LogP contribution in [0.25, 0.3) is 10.2 Å². The van der Waals surface area contributed by atoms with Gasteiger partial charge in [0.05, 0.1) is 26.5 Å². The molecule has 0 spiro atoms. The summed E-state index contributed by atoms with van der Waals surface area (Å²) in [6, 6.07) is 18.0. The van der Waals surface area contributed by atoms with Crippen molar-refractivity contribution >= 4 is 49.0 Å². The maximum Gasteiger partial charge on any atom is 0.261 e. The molecule has 0 unspecified atom stereocenters. The van der Waals surface area contributed by atoms with E-state index in [0.29, 0.717) is 5.69 Å². The van der Waals surface area contributed by atoms with Crippen LogP contribution in [0.15, 0.2) is 76.1 Å². The van der Waals surface area contributed by atoms with Crippen molar-refractivity contribution in [2.24, 2.45) is 0 Å². The summed E-state index contributed by atoms with van der Waals surface area (Å²) in [5.74, 6) is 0.744. The second kappa shape index (κ2) is 7.90. The molecule has 142 valence electrons. The minimum atomic E-state index is -3.62. The van der Waals surface area contributed by atoms with Crippen molar-refractivity contribution in [1.29, 1.82) is 0 Å². The molecule has 0 bridgehead atoms. The van der Waals surface area contributed by atoms with Crippen molar-refractivity contribution in [2.45, 2.75) is 21.9 Å². The third-order valence-electron chi connectivity index (χ3n) is 4.02. The van der Waals surface area contributed by atoms with Crippen molar-refractivity contribution in [3.8, 4) is 0 Å². The number of anilines is 1. The molecule has 0 saturated heterocycles. The fourth-order valence-corrected chi connectivity index (χ4v) is 5.65. The number of hydrogen-bond donors (Lipinski definition) is 1. The highest BCUT2D eigenvalue weighted by molar-refractivity contribution is 8.00. The Labute approximate surface area is 171 Å². The highest BCUT2D eigenvalue weighted by atomic mass is 32.2. The van der Waals surface area contributed by atoms with Crippen molar-refractivity contribution in [3.05, 3.63) is 78.1 Å². The number of sulfonamides is 1. The molecule has 28 heavy (non-hydrogen) atoms. The topological polar surface area (TPSA) is 72.0 Å². The summed E-state index contributed by atoms with van der Waals surface area (Å²) < 4.78 is 29.7. The Bertz CT molecular complexity index is 1200. The van der Waals surface area contributed by atoms with Crippen LogP contribution in [0.5, 0.6) is 0 Å². The molecule has 0 amide bonds. The molecule has 0 saturated carbocycles. The lowest BCUT2D eigenvalue weighted by Gasteiger charge is -2.08. The lowest BCUT2D eigenvalue weighted by Crippen LogP contribution is -2.12. The van der Waals surface area contributed by atoms with Gasteiger partial charge in [0, 0.05) is 11.9 Å².